The molecule has 0 spiro atoms. The monoisotopic (exact) mass is 428 g/mol. The highest BCUT2D eigenvalue weighted by Gasteiger charge is 2.20. The van der Waals surface area contributed by atoms with Crippen molar-refractivity contribution >= 4 is 48.4 Å². The third-order valence-electron chi connectivity index (χ3n) is 5.19. The van der Waals surface area contributed by atoms with Crippen LogP contribution in [0.25, 0.3) is 33.2 Å². The molecule has 0 fully saturated rings. The van der Waals surface area contributed by atoms with E-state index in [1.54, 1.807) is 30.3 Å². The van der Waals surface area contributed by atoms with E-state index in [2.05, 4.69) is 4.98 Å². The number of carboxylic acids is 2. The third-order valence-corrected chi connectivity index (χ3v) is 5.19. The van der Waals surface area contributed by atoms with Crippen LogP contribution in [-0.4, -0.2) is 56.8 Å². The van der Waals surface area contributed by atoms with E-state index in [-0.39, 0.29) is 16.7 Å². The molecule has 0 atom stereocenters. The molecular weight excluding hydrogens is 412 g/mol. The van der Waals surface area contributed by atoms with Crippen LogP contribution in [0.2, 0.25) is 0 Å². The Labute approximate surface area is 182 Å². The first kappa shape index (κ1) is 21.4. The molecule has 157 valence electrons. The number of hydrogen-bond donors (Lipinski definition) is 6. The predicted octanol–water partition coefficient (Wildman–Crippen LogP) is 0.815. The van der Waals surface area contributed by atoms with Gasteiger partial charge in [-0.2, -0.15) is 0 Å². The summed E-state index contributed by atoms with van der Waals surface area (Å²) in [5, 5.41) is 48.5. The lowest BCUT2D eigenvalue weighted by Gasteiger charge is -2.13. The number of hydrogen-bond acceptors (Lipinski definition) is 5. The average Bonchev–Trinajstić information content (AvgIpc) is 3.22. The van der Waals surface area contributed by atoms with Crippen LogP contribution in [0.3, 0.4) is 0 Å². The summed E-state index contributed by atoms with van der Waals surface area (Å²) in [5.74, 6) is -2.36. The summed E-state index contributed by atoms with van der Waals surface area (Å²) in [5.41, 5.74) is 2.78. The average molecular weight is 428 g/mol. The van der Waals surface area contributed by atoms with Gasteiger partial charge in [0.2, 0.25) is 0 Å². The minimum absolute atomic E-state index is 0.0256. The Kier molecular flexibility index (Phi) is 5.58. The van der Waals surface area contributed by atoms with Gasteiger partial charge in [-0.25, -0.2) is 9.59 Å². The Morgan fingerprint density at radius 3 is 2.16 bits per heavy atom. The molecule has 0 aliphatic carbocycles. The van der Waals surface area contributed by atoms with Crippen molar-refractivity contribution in [1.29, 1.82) is 0 Å². The third kappa shape index (κ3) is 3.90. The van der Waals surface area contributed by atoms with Crippen LogP contribution in [0.15, 0.2) is 60.7 Å². The molecule has 3 aromatic carbocycles. The topological polar surface area (TPSA) is 151 Å². The number of H-pyrrole nitrogens is 1. The van der Waals surface area contributed by atoms with Gasteiger partial charge in [0.25, 0.3) is 0 Å². The van der Waals surface area contributed by atoms with Crippen molar-refractivity contribution in [3.63, 3.8) is 0 Å². The summed E-state index contributed by atoms with van der Waals surface area (Å²) in [4.78, 5) is 26.0. The molecule has 0 unspecified atom stereocenters. The van der Waals surface area contributed by atoms with Crippen molar-refractivity contribution in [2.75, 3.05) is 0 Å². The number of nitrogens with one attached hydrogen (secondary N) is 1. The fraction of sp³-hybridized carbons (Fsp3) is 0. The molecule has 8 nitrogen and oxygen atoms in total. The van der Waals surface area contributed by atoms with E-state index in [0.717, 1.165) is 7.48 Å². The Balaban J connectivity index is 2.03. The van der Waals surface area contributed by atoms with Gasteiger partial charge in [0.1, 0.15) is 5.69 Å². The number of carboxylic acid groups (broad SMARTS) is 2. The van der Waals surface area contributed by atoms with Crippen molar-refractivity contribution in [2.24, 2.45) is 0 Å². The van der Waals surface area contributed by atoms with E-state index in [0.29, 0.717) is 38.6 Å². The zero-order valence-electron chi connectivity index (χ0n) is 16.5. The van der Waals surface area contributed by atoms with Crippen molar-refractivity contribution in [3.8, 4) is 22.3 Å². The second-order valence-electron chi connectivity index (χ2n) is 7.21. The summed E-state index contributed by atoms with van der Waals surface area (Å²) in [7, 11) is -0.893. The SMILES string of the molecule is O=C(O)c1cc(-c2ccccc2[B]O)cc(-c2cc(B(O)O)cc3[nH]c(C(=O)O)cc23)c1. The van der Waals surface area contributed by atoms with E-state index in [4.69, 9.17) is 0 Å². The molecular formula is C22H16B2NO7. The van der Waals surface area contributed by atoms with Crippen molar-refractivity contribution < 1.29 is 34.9 Å². The van der Waals surface area contributed by atoms with Crippen LogP contribution in [-0.2, 0) is 0 Å². The maximum absolute atomic E-state index is 11.8. The second kappa shape index (κ2) is 8.35. The Bertz CT molecular complexity index is 1360. The zero-order valence-corrected chi connectivity index (χ0v) is 16.5. The summed E-state index contributed by atoms with van der Waals surface area (Å²) >= 11 is 0. The van der Waals surface area contributed by atoms with Gasteiger partial charge in [0.05, 0.1) is 5.56 Å². The molecule has 0 saturated heterocycles. The summed E-state index contributed by atoms with van der Waals surface area (Å²) in [6.07, 6.45) is 0. The van der Waals surface area contributed by atoms with Crippen molar-refractivity contribution in [2.45, 2.75) is 0 Å². The van der Waals surface area contributed by atoms with Gasteiger partial charge in [0.15, 0.2) is 0 Å². The first-order valence-corrected chi connectivity index (χ1v) is 9.50. The number of carbonyl (C=O) groups is 2. The first-order valence-electron chi connectivity index (χ1n) is 9.50. The molecule has 1 heterocycles. The van der Waals surface area contributed by atoms with E-state index >= 15 is 0 Å². The van der Waals surface area contributed by atoms with Gasteiger partial charge in [-0.15, -0.1) is 0 Å². The lowest BCUT2D eigenvalue weighted by atomic mass is 9.77. The highest BCUT2D eigenvalue weighted by molar-refractivity contribution is 6.59. The summed E-state index contributed by atoms with van der Waals surface area (Å²) < 4.78 is 0. The molecule has 4 aromatic rings. The number of aromatic amines is 1. The van der Waals surface area contributed by atoms with Crippen LogP contribution in [0, 0.1) is 0 Å². The second-order valence-corrected chi connectivity index (χ2v) is 7.21. The fourth-order valence-corrected chi connectivity index (χ4v) is 3.70. The molecule has 0 bridgehead atoms. The Morgan fingerprint density at radius 2 is 1.53 bits per heavy atom. The standard InChI is InChI=1S/C22H16B2NO7/c26-21(27)13-6-11(15-3-1-2-4-18(15)23-30)5-12(7-13)16-8-14(24(31)32)9-19-17(16)10-20(25-19)22(28)29/h1-10,25,30-32H,(H,26,27)(H,28,29). The lowest BCUT2D eigenvalue weighted by Crippen LogP contribution is -2.29. The van der Waals surface area contributed by atoms with E-state index in [1.165, 1.54) is 30.3 Å². The zero-order chi connectivity index (χ0) is 23.0. The molecule has 0 amide bonds. The minimum Gasteiger partial charge on any atom is -0.478 e. The molecule has 4 rings (SSSR count). The number of aromatic nitrogens is 1. The number of aromatic carboxylic acids is 2. The van der Waals surface area contributed by atoms with Crippen LogP contribution in [0.1, 0.15) is 20.8 Å². The van der Waals surface area contributed by atoms with E-state index in [9.17, 15) is 34.9 Å². The van der Waals surface area contributed by atoms with E-state index in [1.807, 2.05) is 0 Å². The highest BCUT2D eigenvalue weighted by atomic mass is 16.4. The smallest absolute Gasteiger partial charge is 0.478 e. The number of rotatable bonds is 6. The van der Waals surface area contributed by atoms with Crippen LogP contribution >= 0.6 is 0 Å². The van der Waals surface area contributed by atoms with E-state index < -0.39 is 19.1 Å². The van der Waals surface area contributed by atoms with Crippen molar-refractivity contribution in [3.05, 3.63) is 71.9 Å². The first-order chi connectivity index (χ1) is 15.3. The van der Waals surface area contributed by atoms with Crippen molar-refractivity contribution in [1.82, 2.24) is 4.98 Å². The quantitative estimate of drug-likeness (QED) is 0.249. The minimum atomic E-state index is -1.82. The Hall–Kier alpha value is -3.85. The highest BCUT2D eigenvalue weighted by Crippen LogP contribution is 2.33. The molecule has 0 saturated carbocycles. The molecule has 10 heteroatoms. The molecule has 1 radical (unpaired) electrons. The maximum atomic E-state index is 11.8. The fourth-order valence-electron chi connectivity index (χ4n) is 3.70. The summed E-state index contributed by atoms with van der Waals surface area (Å²) in [6, 6.07) is 15.8. The largest absolute Gasteiger partial charge is 0.488 e. The molecule has 0 aliphatic heterocycles. The van der Waals surface area contributed by atoms with Crippen LogP contribution in [0.4, 0.5) is 0 Å². The van der Waals surface area contributed by atoms with Gasteiger partial charge in [0, 0.05) is 10.9 Å². The molecule has 32 heavy (non-hydrogen) atoms. The number of benzene rings is 3. The predicted molar refractivity (Wildman–Crippen MR) is 121 cm³/mol. The molecule has 6 N–H and O–H groups in total. The van der Waals surface area contributed by atoms with Gasteiger partial charge >= 0.3 is 26.5 Å². The normalized spacial score (nSPS) is 10.8. The number of fused-ring (bicyclic) bond motifs is 1. The molecule has 0 aliphatic rings. The molecule has 1 aromatic heterocycles. The van der Waals surface area contributed by atoms with Gasteiger partial charge < -0.3 is 30.3 Å². The lowest BCUT2D eigenvalue weighted by molar-refractivity contribution is 0.0683. The van der Waals surface area contributed by atoms with Gasteiger partial charge in [-0.1, -0.05) is 30.3 Å². The Morgan fingerprint density at radius 1 is 0.844 bits per heavy atom. The van der Waals surface area contributed by atoms with Gasteiger partial charge in [-0.3, -0.25) is 0 Å². The summed E-state index contributed by atoms with van der Waals surface area (Å²) in [6.45, 7) is 0. The maximum Gasteiger partial charge on any atom is 0.488 e. The van der Waals surface area contributed by atoms with Crippen LogP contribution in [0.5, 0.6) is 0 Å². The van der Waals surface area contributed by atoms with Gasteiger partial charge in [-0.05, 0) is 63.5 Å². The van der Waals surface area contributed by atoms with Crippen LogP contribution < -0.4 is 10.9 Å².